The predicted octanol–water partition coefficient (Wildman–Crippen LogP) is 2.14. The summed E-state index contributed by atoms with van der Waals surface area (Å²) in [5.41, 5.74) is 1.63. The van der Waals surface area contributed by atoms with Gasteiger partial charge in [0.15, 0.2) is 0 Å². The highest BCUT2D eigenvalue weighted by molar-refractivity contribution is 5.89. The summed E-state index contributed by atoms with van der Waals surface area (Å²) in [6.45, 7) is 6.39. The quantitative estimate of drug-likeness (QED) is 0.669. The number of carbonyl (C=O) groups is 3. The Labute approximate surface area is 184 Å². The number of rotatable bonds is 3. The van der Waals surface area contributed by atoms with E-state index in [1.807, 2.05) is 12.1 Å². The second-order valence-corrected chi connectivity index (χ2v) is 7.69. The van der Waals surface area contributed by atoms with Crippen molar-refractivity contribution < 1.29 is 37.4 Å². The number of aliphatic carboxylic acids is 1. The number of halogens is 3. The van der Waals surface area contributed by atoms with Crippen LogP contribution >= 0.6 is 0 Å². The number of benzene rings is 1. The molecule has 2 fully saturated rings. The first-order valence-electron chi connectivity index (χ1n) is 10.3. The first-order chi connectivity index (χ1) is 15.0. The lowest BCUT2D eigenvalue weighted by molar-refractivity contribution is -0.192. The van der Waals surface area contributed by atoms with Gasteiger partial charge in [-0.25, -0.2) is 9.59 Å². The van der Waals surface area contributed by atoms with Crippen LogP contribution in [0, 0.1) is 5.92 Å². The first kappa shape index (κ1) is 25.4. The average Bonchev–Trinajstić information content (AvgIpc) is 2.78. The molecule has 2 N–H and O–H groups in total. The van der Waals surface area contributed by atoms with E-state index in [4.69, 9.17) is 14.6 Å². The summed E-state index contributed by atoms with van der Waals surface area (Å²) >= 11 is 0. The highest BCUT2D eigenvalue weighted by atomic mass is 19.4. The molecule has 1 unspecified atom stereocenters. The molecule has 0 spiro atoms. The van der Waals surface area contributed by atoms with E-state index in [0.717, 1.165) is 51.3 Å². The maximum atomic E-state index is 12.8. The van der Waals surface area contributed by atoms with Crippen LogP contribution in [0.15, 0.2) is 24.3 Å². The number of esters is 1. The molecule has 1 aromatic rings. The molecule has 0 bridgehead atoms. The van der Waals surface area contributed by atoms with Gasteiger partial charge in [0.2, 0.25) is 5.91 Å². The van der Waals surface area contributed by atoms with Crippen molar-refractivity contribution in [3.8, 4) is 0 Å². The van der Waals surface area contributed by atoms with Gasteiger partial charge in [-0.05, 0) is 57.1 Å². The van der Waals surface area contributed by atoms with Crippen LogP contribution < -0.4 is 10.2 Å². The van der Waals surface area contributed by atoms with E-state index in [2.05, 4.69) is 22.0 Å². The molecule has 2 aliphatic heterocycles. The second-order valence-electron chi connectivity index (χ2n) is 7.69. The van der Waals surface area contributed by atoms with Crippen molar-refractivity contribution >= 4 is 23.5 Å². The van der Waals surface area contributed by atoms with E-state index in [1.165, 1.54) is 7.11 Å². The van der Waals surface area contributed by atoms with Gasteiger partial charge in [-0.15, -0.1) is 0 Å². The van der Waals surface area contributed by atoms with Crippen LogP contribution in [0.2, 0.25) is 0 Å². The number of ether oxygens (including phenoxy) is 1. The number of nitrogens with zero attached hydrogens (tertiary/aromatic N) is 2. The molecule has 11 heteroatoms. The lowest BCUT2D eigenvalue weighted by Gasteiger charge is -2.42. The van der Waals surface area contributed by atoms with Gasteiger partial charge in [-0.2, -0.15) is 13.2 Å². The van der Waals surface area contributed by atoms with Gasteiger partial charge in [-0.3, -0.25) is 4.79 Å². The maximum absolute atomic E-state index is 12.8. The van der Waals surface area contributed by atoms with Gasteiger partial charge in [0, 0.05) is 37.3 Å². The van der Waals surface area contributed by atoms with Crippen molar-refractivity contribution in [1.82, 2.24) is 10.2 Å². The van der Waals surface area contributed by atoms with Crippen LogP contribution in [0.4, 0.5) is 18.9 Å². The number of amides is 1. The van der Waals surface area contributed by atoms with E-state index in [-0.39, 0.29) is 17.9 Å². The molecule has 2 aliphatic rings. The Hall–Kier alpha value is -2.82. The van der Waals surface area contributed by atoms with E-state index < -0.39 is 12.1 Å². The second kappa shape index (κ2) is 11.2. The molecular formula is C21H28F3N3O5. The van der Waals surface area contributed by atoms with E-state index in [1.54, 1.807) is 12.1 Å². The number of hydrogen-bond acceptors (Lipinski definition) is 6. The van der Waals surface area contributed by atoms with Crippen molar-refractivity contribution in [3.63, 3.8) is 0 Å². The van der Waals surface area contributed by atoms with Gasteiger partial charge in [0.05, 0.1) is 12.7 Å². The van der Waals surface area contributed by atoms with Gasteiger partial charge in [0.25, 0.3) is 0 Å². The number of nitrogens with one attached hydrogen (secondary N) is 1. The lowest BCUT2D eigenvalue weighted by Crippen LogP contribution is -2.56. The molecular weight excluding hydrogens is 431 g/mol. The van der Waals surface area contributed by atoms with E-state index in [9.17, 15) is 22.8 Å². The van der Waals surface area contributed by atoms with Crippen LogP contribution in [0.5, 0.6) is 0 Å². The Morgan fingerprint density at radius 2 is 1.66 bits per heavy atom. The van der Waals surface area contributed by atoms with Crippen LogP contribution in [0.25, 0.3) is 0 Å². The summed E-state index contributed by atoms with van der Waals surface area (Å²) < 4.78 is 36.5. The van der Waals surface area contributed by atoms with Crippen molar-refractivity contribution in [1.29, 1.82) is 0 Å². The van der Waals surface area contributed by atoms with Gasteiger partial charge >= 0.3 is 18.1 Å². The number of carboxylic acids is 1. The Morgan fingerprint density at radius 3 is 2.12 bits per heavy atom. The Bertz CT molecular complexity index is 795. The molecule has 1 aromatic carbocycles. The summed E-state index contributed by atoms with van der Waals surface area (Å²) in [5.74, 6) is -2.59. The fourth-order valence-corrected chi connectivity index (χ4v) is 3.75. The monoisotopic (exact) mass is 459 g/mol. The van der Waals surface area contributed by atoms with Crippen LogP contribution in [0.1, 0.15) is 30.1 Å². The summed E-state index contributed by atoms with van der Waals surface area (Å²) in [7, 11) is 1.39. The minimum absolute atomic E-state index is 0.176. The number of piperidine rings is 1. The number of methoxy groups -OCH3 is 1. The standard InChI is InChI=1S/C19H27N3O3.C2HF3O2/c1-14-13-21(17-5-3-16(4-6-17)19(24)25-2)11-12-22(14)18(23)15-7-9-20-10-8-15;3-2(4,5)1(6)7/h3-6,14-15,20H,7-13H2,1-2H3;(H,6,7). The lowest BCUT2D eigenvalue weighted by atomic mass is 9.95. The minimum Gasteiger partial charge on any atom is -0.475 e. The summed E-state index contributed by atoms with van der Waals surface area (Å²) in [5, 5.41) is 10.4. The molecule has 32 heavy (non-hydrogen) atoms. The molecule has 0 aliphatic carbocycles. The number of piperazine rings is 1. The molecule has 2 saturated heterocycles. The first-order valence-corrected chi connectivity index (χ1v) is 10.3. The third-order valence-corrected chi connectivity index (χ3v) is 5.50. The normalized spacial score (nSPS) is 19.6. The highest BCUT2D eigenvalue weighted by Crippen LogP contribution is 2.23. The number of carbonyl (C=O) groups excluding carboxylic acids is 2. The van der Waals surface area contributed by atoms with Crippen LogP contribution in [-0.2, 0) is 14.3 Å². The average molecular weight is 459 g/mol. The van der Waals surface area contributed by atoms with Crippen molar-refractivity contribution in [3.05, 3.63) is 29.8 Å². The fraction of sp³-hybridized carbons (Fsp3) is 0.571. The molecule has 1 amide bonds. The third-order valence-electron chi connectivity index (χ3n) is 5.50. The predicted molar refractivity (Wildman–Crippen MR) is 110 cm³/mol. The van der Waals surface area contributed by atoms with Crippen molar-refractivity contribution in [2.24, 2.45) is 5.92 Å². The molecule has 1 atom stereocenters. The molecule has 178 valence electrons. The van der Waals surface area contributed by atoms with Crippen molar-refractivity contribution in [2.75, 3.05) is 44.7 Å². The Kier molecular flexibility index (Phi) is 8.88. The highest BCUT2D eigenvalue weighted by Gasteiger charge is 2.38. The largest absolute Gasteiger partial charge is 0.490 e. The van der Waals surface area contributed by atoms with E-state index >= 15 is 0 Å². The molecule has 8 nitrogen and oxygen atoms in total. The smallest absolute Gasteiger partial charge is 0.475 e. The SMILES string of the molecule is COC(=O)c1ccc(N2CCN(C(=O)C3CCNCC3)C(C)C2)cc1.O=C(O)C(F)(F)F. The number of anilines is 1. The minimum atomic E-state index is -5.08. The molecule has 0 radical (unpaired) electrons. The van der Waals surface area contributed by atoms with Crippen LogP contribution in [0.3, 0.4) is 0 Å². The number of hydrogen-bond donors (Lipinski definition) is 2. The summed E-state index contributed by atoms with van der Waals surface area (Å²) in [6, 6.07) is 7.67. The zero-order valence-corrected chi connectivity index (χ0v) is 18.0. The summed E-state index contributed by atoms with van der Waals surface area (Å²) in [4.78, 5) is 37.5. The van der Waals surface area contributed by atoms with Crippen LogP contribution in [-0.4, -0.2) is 79.9 Å². The Balaban J connectivity index is 0.000000451. The van der Waals surface area contributed by atoms with Crippen molar-refractivity contribution in [2.45, 2.75) is 32.0 Å². The fourth-order valence-electron chi connectivity index (χ4n) is 3.75. The van der Waals surface area contributed by atoms with E-state index in [0.29, 0.717) is 11.5 Å². The third kappa shape index (κ3) is 6.84. The molecule has 0 aromatic heterocycles. The molecule has 0 saturated carbocycles. The molecule has 3 rings (SSSR count). The maximum Gasteiger partial charge on any atom is 0.490 e. The topological polar surface area (TPSA) is 99.2 Å². The van der Waals surface area contributed by atoms with Gasteiger partial charge in [-0.1, -0.05) is 0 Å². The molecule has 2 heterocycles. The zero-order valence-electron chi connectivity index (χ0n) is 18.0. The Morgan fingerprint density at radius 1 is 1.09 bits per heavy atom. The van der Waals surface area contributed by atoms with Gasteiger partial charge in [0.1, 0.15) is 0 Å². The summed E-state index contributed by atoms with van der Waals surface area (Å²) in [6.07, 6.45) is -3.19. The number of carboxylic acid groups (broad SMARTS) is 1. The number of alkyl halides is 3. The van der Waals surface area contributed by atoms with Gasteiger partial charge < -0.3 is 25.0 Å². The zero-order chi connectivity index (χ0) is 23.9.